The summed E-state index contributed by atoms with van der Waals surface area (Å²) >= 11 is 0. The number of carbonyl (C=O) groups is 1. The van der Waals surface area contributed by atoms with Crippen LogP contribution in [0, 0.1) is 0 Å². The van der Waals surface area contributed by atoms with Gasteiger partial charge < -0.3 is 15.0 Å². The first-order valence-electron chi connectivity index (χ1n) is 10.2. The van der Waals surface area contributed by atoms with Crippen LogP contribution in [0.25, 0.3) is 0 Å². The largest absolute Gasteiger partial charge is 0.494 e. The van der Waals surface area contributed by atoms with Crippen molar-refractivity contribution in [2.45, 2.75) is 37.6 Å². The van der Waals surface area contributed by atoms with Crippen molar-refractivity contribution in [3.8, 4) is 5.75 Å². The van der Waals surface area contributed by atoms with Gasteiger partial charge in [0.15, 0.2) is 0 Å². The van der Waals surface area contributed by atoms with E-state index < -0.39 is 10.0 Å². The Kier molecular flexibility index (Phi) is 7.64. The summed E-state index contributed by atoms with van der Waals surface area (Å²) in [6.07, 6.45) is 4.21. The lowest BCUT2D eigenvalue weighted by Gasteiger charge is -2.16. The number of carbonyl (C=O) groups excluding carboxylic acids is 1. The number of nitrogens with zero attached hydrogens (tertiary/aromatic N) is 2. The maximum Gasteiger partial charge on any atom is 0.240 e. The van der Waals surface area contributed by atoms with Gasteiger partial charge in [-0.15, -0.1) is 0 Å². The van der Waals surface area contributed by atoms with Gasteiger partial charge >= 0.3 is 0 Å². The Morgan fingerprint density at radius 2 is 1.87 bits per heavy atom. The van der Waals surface area contributed by atoms with E-state index in [4.69, 9.17) is 4.74 Å². The zero-order valence-corrected chi connectivity index (χ0v) is 18.0. The third-order valence-electron chi connectivity index (χ3n) is 4.82. The maximum atomic E-state index is 12.3. The lowest BCUT2D eigenvalue weighted by Crippen LogP contribution is -2.30. The number of ether oxygens (including phenoxy) is 1. The standard InChI is InChI=1S/C21H28N4O4S/c1-2-29-18-6-8-19(9-7-18)30(27,28)24-12-11-21(26)23-16-17-5-10-20(22-15-17)25-13-3-4-14-25/h5-10,15,24H,2-4,11-14,16H2,1H3,(H,23,26). The molecule has 0 aliphatic carbocycles. The van der Waals surface area contributed by atoms with Gasteiger partial charge in [0.05, 0.1) is 11.5 Å². The predicted molar refractivity (Wildman–Crippen MR) is 115 cm³/mol. The molecule has 2 aromatic rings. The van der Waals surface area contributed by atoms with Crippen molar-refractivity contribution in [3.05, 3.63) is 48.2 Å². The number of nitrogens with one attached hydrogen (secondary N) is 2. The summed E-state index contributed by atoms with van der Waals surface area (Å²) in [6.45, 7) is 4.83. The van der Waals surface area contributed by atoms with E-state index in [1.807, 2.05) is 19.1 Å². The van der Waals surface area contributed by atoms with Gasteiger partial charge in [-0.1, -0.05) is 6.07 Å². The molecule has 1 aliphatic heterocycles. The van der Waals surface area contributed by atoms with Crippen molar-refractivity contribution in [2.75, 3.05) is 31.1 Å². The Bertz CT molecular complexity index is 924. The summed E-state index contributed by atoms with van der Waals surface area (Å²) in [6, 6.07) is 10.1. The Hall–Kier alpha value is -2.65. The van der Waals surface area contributed by atoms with E-state index in [1.54, 1.807) is 18.3 Å². The summed E-state index contributed by atoms with van der Waals surface area (Å²) in [5.41, 5.74) is 0.904. The molecule has 0 radical (unpaired) electrons. The number of hydrogen-bond donors (Lipinski definition) is 2. The average molecular weight is 433 g/mol. The Morgan fingerprint density at radius 1 is 1.13 bits per heavy atom. The molecule has 3 rings (SSSR count). The third kappa shape index (κ3) is 6.17. The molecule has 1 amide bonds. The highest BCUT2D eigenvalue weighted by atomic mass is 32.2. The highest BCUT2D eigenvalue weighted by Crippen LogP contribution is 2.18. The van der Waals surface area contributed by atoms with Crippen LogP contribution in [0.15, 0.2) is 47.5 Å². The van der Waals surface area contributed by atoms with Crippen LogP contribution in [0.5, 0.6) is 5.75 Å². The first-order chi connectivity index (χ1) is 14.5. The molecule has 8 nitrogen and oxygen atoms in total. The number of benzene rings is 1. The number of amides is 1. The molecular formula is C21H28N4O4S. The molecule has 9 heteroatoms. The van der Waals surface area contributed by atoms with Crippen LogP contribution in [0.1, 0.15) is 31.7 Å². The molecule has 162 valence electrons. The van der Waals surface area contributed by atoms with E-state index in [0.29, 0.717) is 18.9 Å². The monoisotopic (exact) mass is 432 g/mol. The van der Waals surface area contributed by atoms with E-state index in [0.717, 1.165) is 24.5 Å². The second-order valence-electron chi connectivity index (χ2n) is 7.05. The fourth-order valence-corrected chi connectivity index (χ4v) is 4.24. The van der Waals surface area contributed by atoms with Crippen LogP contribution >= 0.6 is 0 Å². The Labute approximate surface area is 177 Å². The number of sulfonamides is 1. The van der Waals surface area contributed by atoms with Crippen molar-refractivity contribution in [2.24, 2.45) is 0 Å². The number of hydrogen-bond acceptors (Lipinski definition) is 6. The molecule has 1 aromatic carbocycles. The summed E-state index contributed by atoms with van der Waals surface area (Å²) in [7, 11) is -3.67. The topological polar surface area (TPSA) is 101 Å². The molecule has 0 saturated carbocycles. The van der Waals surface area contributed by atoms with Gasteiger partial charge in [-0.05, 0) is 55.7 Å². The van der Waals surface area contributed by atoms with Crippen molar-refractivity contribution in [1.29, 1.82) is 0 Å². The first kappa shape index (κ1) is 22.0. The number of pyridine rings is 1. The van der Waals surface area contributed by atoms with E-state index in [1.165, 1.54) is 25.0 Å². The fraction of sp³-hybridized carbons (Fsp3) is 0.429. The number of aromatic nitrogens is 1. The van der Waals surface area contributed by atoms with Gasteiger partial charge in [0.1, 0.15) is 11.6 Å². The molecule has 1 aliphatic rings. The summed E-state index contributed by atoms with van der Waals surface area (Å²) in [5.74, 6) is 1.35. The van der Waals surface area contributed by atoms with Gasteiger partial charge in [-0.2, -0.15) is 0 Å². The van der Waals surface area contributed by atoms with Gasteiger partial charge in [0.2, 0.25) is 15.9 Å². The maximum absolute atomic E-state index is 12.3. The SMILES string of the molecule is CCOc1ccc(S(=O)(=O)NCCC(=O)NCc2ccc(N3CCCC3)nc2)cc1. The molecule has 0 atom stereocenters. The average Bonchev–Trinajstić information content (AvgIpc) is 3.28. The van der Waals surface area contributed by atoms with E-state index in [-0.39, 0.29) is 23.8 Å². The highest BCUT2D eigenvalue weighted by Gasteiger charge is 2.15. The highest BCUT2D eigenvalue weighted by molar-refractivity contribution is 7.89. The molecule has 2 heterocycles. The van der Waals surface area contributed by atoms with Crippen LogP contribution in [-0.2, 0) is 21.4 Å². The molecule has 2 N–H and O–H groups in total. The Morgan fingerprint density at radius 3 is 2.50 bits per heavy atom. The van der Waals surface area contributed by atoms with Crippen LogP contribution in [0.2, 0.25) is 0 Å². The fourth-order valence-electron chi connectivity index (χ4n) is 3.21. The lowest BCUT2D eigenvalue weighted by molar-refractivity contribution is -0.121. The minimum atomic E-state index is -3.67. The molecule has 0 spiro atoms. The van der Waals surface area contributed by atoms with Crippen molar-refractivity contribution in [3.63, 3.8) is 0 Å². The summed E-state index contributed by atoms with van der Waals surface area (Å²) < 4.78 is 32.4. The smallest absolute Gasteiger partial charge is 0.240 e. The van der Waals surface area contributed by atoms with Crippen LogP contribution in [0.4, 0.5) is 5.82 Å². The summed E-state index contributed by atoms with van der Waals surface area (Å²) in [4.78, 5) is 18.9. The van der Waals surface area contributed by atoms with Gasteiger partial charge in [0, 0.05) is 38.8 Å². The van der Waals surface area contributed by atoms with Crippen LogP contribution in [0.3, 0.4) is 0 Å². The minimum absolute atomic E-state index is 0.0214. The van der Waals surface area contributed by atoms with Crippen molar-refractivity contribution < 1.29 is 17.9 Å². The molecule has 0 bridgehead atoms. The second-order valence-corrected chi connectivity index (χ2v) is 8.81. The molecular weight excluding hydrogens is 404 g/mol. The van der Waals surface area contributed by atoms with Gasteiger partial charge in [0.25, 0.3) is 0 Å². The predicted octanol–water partition coefficient (Wildman–Crippen LogP) is 2.07. The molecule has 0 unspecified atom stereocenters. The number of rotatable bonds is 10. The number of anilines is 1. The van der Waals surface area contributed by atoms with Crippen molar-refractivity contribution in [1.82, 2.24) is 15.0 Å². The van der Waals surface area contributed by atoms with E-state index in [9.17, 15) is 13.2 Å². The minimum Gasteiger partial charge on any atom is -0.494 e. The molecule has 1 saturated heterocycles. The third-order valence-corrected chi connectivity index (χ3v) is 6.29. The molecule has 30 heavy (non-hydrogen) atoms. The first-order valence-corrected chi connectivity index (χ1v) is 11.7. The van der Waals surface area contributed by atoms with E-state index >= 15 is 0 Å². The van der Waals surface area contributed by atoms with Gasteiger partial charge in [-0.3, -0.25) is 4.79 Å². The second kappa shape index (κ2) is 10.4. The van der Waals surface area contributed by atoms with E-state index in [2.05, 4.69) is 19.9 Å². The zero-order valence-electron chi connectivity index (χ0n) is 17.1. The molecule has 1 fully saturated rings. The quantitative estimate of drug-likeness (QED) is 0.596. The zero-order chi connectivity index (χ0) is 21.4. The normalized spacial score (nSPS) is 14.0. The Balaban J connectivity index is 1.40. The van der Waals surface area contributed by atoms with Crippen LogP contribution < -0.4 is 19.7 Å². The van der Waals surface area contributed by atoms with Gasteiger partial charge in [-0.25, -0.2) is 18.1 Å². The molecule has 1 aromatic heterocycles. The lowest BCUT2D eigenvalue weighted by atomic mass is 10.2. The van der Waals surface area contributed by atoms with Crippen LogP contribution in [-0.4, -0.2) is 45.6 Å². The summed E-state index contributed by atoms with van der Waals surface area (Å²) in [5, 5.41) is 2.79. The van der Waals surface area contributed by atoms with Crippen molar-refractivity contribution >= 4 is 21.7 Å².